The molecule has 0 saturated heterocycles. The number of nitrogens with two attached hydrogens (primary N) is 4. The van der Waals surface area contributed by atoms with Gasteiger partial charge in [-0.05, 0) is 74.3 Å². The number of carboxylic acid groups (broad SMARTS) is 4. The maximum Gasteiger partial charge on any atom is 0.305 e. The highest BCUT2D eigenvalue weighted by molar-refractivity contribution is 6.01. The van der Waals surface area contributed by atoms with Crippen molar-refractivity contribution in [2.75, 3.05) is 26.2 Å². The Hall–Kier alpha value is -12.6. The number of carbonyl (C=O) groups excluding carboxylic acids is 14. The summed E-state index contributed by atoms with van der Waals surface area (Å²) >= 11 is 0. The third kappa shape index (κ3) is 38.4. The van der Waals surface area contributed by atoms with Crippen molar-refractivity contribution in [3.8, 4) is 0 Å². The van der Waals surface area contributed by atoms with Crippen molar-refractivity contribution in [3.05, 3.63) is 71.8 Å². The Morgan fingerprint density at radius 2 is 0.730 bits per heavy atom. The van der Waals surface area contributed by atoms with Crippen LogP contribution in [0.1, 0.15) is 124 Å². The first-order valence-electron chi connectivity index (χ1n) is 36.6. The van der Waals surface area contributed by atoms with Crippen LogP contribution in [0.4, 0.5) is 0 Å². The second kappa shape index (κ2) is 50.4. The van der Waals surface area contributed by atoms with Crippen LogP contribution < -0.4 is 103 Å². The molecule has 13 atom stereocenters. The van der Waals surface area contributed by atoms with Crippen LogP contribution in [-0.4, -0.2) is 249 Å². The first-order chi connectivity index (χ1) is 53.9. The van der Waals surface area contributed by atoms with Gasteiger partial charge in [-0.1, -0.05) is 102 Å². The molecular formula is C71H109N21O23. The van der Waals surface area contributed by atoms with Crippen LogP contribution in [0.5, 0.6) is 0 Å². The minimum Gasteiger partial charge on any atom is -0.481 e. The van der Waals surface area contributed by atoms with Crippen molar-refractivity contribution in [3.63, 3.8) is 0 Å². The van der Waals surface area contributed by atoms with Crippen LogP contribution >= 0.6 is 0 Å². The molecule has 0 radical (unpaired) electrons. The highest BCUT2D eigenvalue weighted by Gasteiger charge is 2.39. The van der Waals surface area contributed by atoms with E-state index in [0.717, 1.165) is 0 Å². The number of guanidine groups is 2. The van der Waals surface area contributed by atoms with Crippen LogP contribution in [0.3, 0.4) is 0 Å². The Bertz CT molecular complexity index is 3740. The zero-order chi connectivity index (χ0) is 86.9. The van der Waals surface area contributed by atoms with Crippen LogP contribution in [-0.2, 0) is 99.1 Å². The second-order valence-electron chi connectivity index (χ2n) is 27.9. The molecule has 0 fully saturated rings. The average Bonchev–Trinajstić information content (AvgIpc) is 0.765. The van der Waals surface area contributed by atoms with E-state index in [-0.39, 0.29) is 57.5 Å². The number of carbonyl (C=O) groups is 18. The van der Waals surface area contributed by atoms with E-state index < -0.39 is 261 Å². The van der Waals surface area contributed by atoms with Gasteiger partial charge in [-0.25, -0.2) is 0 Å². The number of aliphatic hydroxyl groups excluding tert-OH is 1. The molecule has 0 unspecified atom stereocenters. The van der Waals surface area contributed by atoms with Gasteiger partial charge in [0.05, 0.1) is 38.5 Å². The van der Waals surface area contributed by atoms with Crippen LogP contribution in [0.2, 0.25) is 0 Å². The normalized spacial score (nSPS) is 14.4. The smallest absolute Gasteiger partial charge is 0.305 e. The SMILES string of the molecule is CC(C)C[C@H](NC(=O)[C@H](Cc1ccccc1)NC(=O)[C@H](CO)NC(=O)[C@H](C)NC(=O)[C@H](Cc1ccccc1)NC(=O)CNC(=O)[C@H](CCCNC(=N)N)NC(=O)[C@@H](NC(=O)[C@H](CC(=O)O)NC(=O)[C@H](CCCNC(=N)N)NC(=O)[C@H](CCC(=O)O)NC(=O)[C@H](CC(=O)O)NC(=O)[C@@H](NC(=O)[C@@H](N)CC(=O)O)C(C)C)C(C)C)C(N)=O. The lowest BCUT2D eigenvalue weighted by Gasteiger charge is -2.28. The zero-order valence-electron chi connectivity index (χ0n) is 64.7. The summed E-state index contributed by atoms with van der Waals surface area (Å²) in [5, 5.41) is 99.5. The maximum atomic E-state index is 14.4. The quantitative estimate of drug-likeness (QED) is 0.0166. The second-order valence-corrected chi connectivity index (χ2v) is 27.9. The van der Waals surface area contributed by atoms with E-state index in [0.29, 0.717) is 11.1 Å². The number of aliphatic hydroxyl groups is 1. The van der Waals surface area contributed by atoms with Gasteiger partial charge in [0.15, 0.2) is 11.9 Å². The molecular weight excluding hydrogens is 1510 g/mol. The first kappa shape index (κ1) is 98.4. The molecule has 636 valence electrons. The van der Waals surface area contributed by atoms with Gasteiger partial charge in [0, 0.05) is 32.4 Å². The number of hydrogen-bond acceptors (Lipinski definition) is 22. The molecule has 2 aromatic carbocycles. The third-order valence-electron chi connectivity index (χ3n) is 17.0. The molecule has 0 aliphatic heterocycles. The average molecular weight is 1620 g/mol. The molecule has 2 rings (SSSR count). The number of amides is 14. The molecule has 30 N–H and O–H groups in total. The maximum absolute atomic E-state index is 14.4. The molecule has 0 spiro atoms. The largest absolute Gasteiger partial charge is 0.481 e. The van der Waals surface area contributed by atoms with Crippen LogP contribution in [0.25, 0.3) is 0 Å². The zero-order valence-corrected chi connectivity index (χ0v) is 64.7. The van der Waals surface area contributed by atoms with Gasteiger partial charge < -0.3 is 128 Å². The minimum absolute atomic E-state index is 0.0106. The van der Waals surface area contributed by atoms with Gasteiger partial charge >= 0.3 is 23.9 Å². The van der Waals surface area contributed by atoms with Crippen molar-refractivity contribution in [2.45, 2.75) is 204 Å². The molecule has 2 aromatic rings. The van der Waals surface area contributed by atoms with Crippen molar-refractivity contribution >= 4 is 118 Å². The standard InChI is InChI=1S/C71H109N21O23/c1-34(2)26-44(57(73)103)86-64(110)46(28-39-18-12-9-13-19-39)87-67(113)49(33-93)90-58(104)37(7)81-63(109)45(27-38-16-10-8-11-17-38)82-50(94)32-80-60(106)41(20-14-24-78-70(74)75)85-68(114)56(36(5)6)92-66(112)48(31-54(101)102)88-61(107)42(21-15-25-79-71(76)77)83-62(108)43(22-23-51(95)96)84-65(111)47(30-53(99)100)89-69(115)55(35(3)4)91-59(105)40(72)29-52(97)98/h8-13,16-19,34-37,40-49,55-56,93H,14-15,20-33,72H2,1-7H3,(H2,73,103)(H,80,106)(H,81,109)(H,82,94)(H,83,108)(H,84,111)(H,85,114)(H,86,110)(H,87,113)(H,88,107)(H,89,115)(H,90,104)(H,91,105)(H,92,112)(H,95,96)(H,97,98)(H,99,100)(H,101,102)(H4,74,75,78)(H4,76,77,79)/t37-,40-,41-,42-,43-,44-,45-,46-,47-,48-,49-,55-,56-/m0/s1. The molecule has 0 aromatic heterocycles. The number of rotatable bonds is 53. The molecule has 0 aliphatic rings. The fraction of sp³-hybridized carbons (Fsp3) is 0.549. The molecule has 44 nitrogen and oxygen atoms in total. The molecule has 115 heavy (non-hydrogen) atoms. The van der Waals surface area contributed by atoms with E-state index in [9.17, 15) is 107 Å². The Kier molecular flexibility index (Phi) is 43.1. The summed E-state index contributed by atoms with van der Waals surface area (Å²) in [6.45, 7) is 8.39. The lowest BCUT2D eigenvalue weighted by molar-refractivity contribution is -0.143. The fourth-order valence-electron chi connectivity index (χ4n) is 10.9. The van der Waals surface area contributed by atoms with Gasteiger partial charge in [-0.3, -0.25) is 97.1 Å². The summed E-state index contributed by atoms with van der Waals surface area (Å²) in [6.07, 6.45) is -5.94. The summed E-state index contributed by atoms with van der Waals surface area (Å²) in [5.41, 5.74) is 23.2. The lowest BCUT2D eigenvalue weighted by Crippen LogP contribution is -2.61. The Balaban J connectivity index is 2.46. The minimum atomic E-state index is -2.11. The number of hydrogen-bond donors (Lipinski definition) is 26. The van der Waals surface area contributed by atoms with Gasteiger partial charge in [0.25, 0.3) is 0 Å². The van der Waals surface area contributed by atoms with Crippen molar-refractivity contribution in [1.82, 2.24) is 79.8 Å². The fourth-order valence-corrected chi connectivity index (χ4v) is 10.9. The van der Waals surface area contributed by atoms with E-state index in [1.54, 1.807) is 74.5 Å². The molecule has 0 aliphatic carbocycles. The molecule has 0 bridgehead atoms. The van der Waals surface area contributed by atoms with Gasteiger partial charge in [-0.2, -0.15) is 0 Å². The Morgan fingerprint density at radius 1 is 0.374 bits per heavy atom. The molecule has 0 heterocycles. The highest BCUT2D eigenvalue weighted by atomic mass is 16.4. The van der Waals surface area contributed by atoms with E-state index >= 15 is 0 Å². The highest BCUT2D eigenvalue weighted by Crippen LogP contribution is 2.14. The predicted molar refractivity (Wildman–Crippen MR) is 407 cm³/mol. The number of carboxylic acids is 4. The Labute approximate surface area is 661 Å². The number of aliphatic carboxylic acids is 4. The van der Waals surface area contributed by atoms with Crippen LogP contribution in [0.15, 0.2) is 60.7 Å². The van der Waals surface area contributed by atoms with Gasteiger partial charge in [-0.15, -0.1) is 0 Å². The first-order valence-corrected chi connectivity index (χ1v) is 36.6. The number of benzene rings is 2. The summed E-state index contributed by atoms with van der Waals surface area (Å²) in [7, 11) is 0. The van der Waals surface area contributed by atoms with E-state index in [2.05, 4.69) is 79.8 Å². The third-order valence-corrected chi connectivity index (χ3v) is 17.0. The van der Waals surface area contributed by atoms with E-state index in [1.165, 1.54) is 34.6 Å². The van der Waals surface area contributed by atoms with Crippen molar-refractivity contribution in [2.24, 2.45) is 40.7 Å². The monoisotopic (exact) mass is 1620 g/mol. The number of nitrogens with one attached hydrogen (secondary N) is 17. The number of primary amides is 1. The molecule has 14 amide bonds. The summed E-state index contributed by atoms with van der Waals surface area (Å²) < 4.78 is 0. The van der Waals surface area contributed by atoms with E-state index in [4.69, 9.17) is 38.9 Å². The topological polar surface area (TPSA) is 741 Å². The summed E-state index contributed by atoms with van der Waals surface area (Å²) in [5.74, 6) is -24.7. The predicted octanol–water partition coefficient (Wildman–Crippen LogP) is -7.60. The van der Waals surface area contributed by atoms with Crippen molar-refractivity contribution < 1.29 is 112 Å². The van der Waals surface area contributed by atoms with Gasteiger partial charge in [0.1, 0.15) is 72.5 Å². The van der Waals surface area contributed by atoms with Gasteiger partial charge in [0.2, 0.25) is 82.7 Å². The lowest BCUT2D eigenvalue weighted by atomic mass is 10.0. The van der Waals surface area contributed by atoms with Crippen molar-refractivity contribution in [1.29, 1.82) is 10.8 Å². The molecule has 0 saturated carbocycles. The molecule has 44 heteroatoms. The summed E-state index contributed by atoms with van der Waals surface area (Å²) in [6, 6.07) is -5.08. The van der Waals surface area contributed by atoms with Crippen LogP contribution in [0, 0.1) is 28.6 Å². The Morgan fingerprint density at radius 3 is 1.16 bits per heavy atom. The van der Waals surface area contributed by atoms with E-state index in [1.807, 2.05) is 0 Å². The summed E-state index contributed by atoms with van der Waals surface area (Å²) in [4.78, 5) is 240.